The van der Waals surface area contributed by atoms with Crippen molar-refractivity contribution in [1.29, 1.82) is 0 Å². The molecule has 0 aliphatic carbocycles. The first-order chi connectivity index (χ1) is 12.8. The number of para-hydroxylation sites is 1. The van der Waals surface area contributed by atoms with Crippen LogP contribution in [-0.4, -0.2) is 12.5 Å². The Kier molecular flexibility index (Phi) is 5.07. The Morgan fingerprint density at radius 1 is 0.885 bits per heavy atom. The summed E-state index contributed by atoms with van der Waals surface area (Å²) in [4.78, 5) is 16.3. The largest absolute Gasteiger partial charge is 0.308 e. The van der Waals surface area contributed by atoms with Crippen LogP contribution in [0, 0.1) is 0 Å². The van der Waals surface area contributed by atoms with Gasteiger partial charge < -0.3 is 4.90 Å². The lowest BCUT2D eigenvalue weighted by atomic mass is 10.0. The van der Waals surface area contributed by atoms with E-state index >= 15 is 0 Å². The van der Waals surface area contributed by atoms with Crippen LogP contribution >= 0.6 is 11.8 Å². The van der Waals surface area contributed by atoms with Crippen LogP contribution in [0.2, 0.25) is 0 Å². The van der Waals surface area contributed by atoms with Gasteiger partial charge in [-0.2, -0.15) is 0 Å². The summed E-state index contributed by atoms with van der Waals surface area (Å²) in [7, 11) is 0. The van der Waals surface area contributed by atoms with E-state index in [-0.39, 0.29) is 5.91 Å². The summed E-state index contributed by atoms with van der Waals surface area (Å²) >= 11 is 1.73. The summed E-state index contributed by atoms with van der Waals surface area (Å²) in [5.41, 5.74) is 4.39. The number of rotatable bonds is 4. The van der Waals surface area contributed by atoms with E-state index < -0.39 is 0 Å². The van der Waals surface area contributed by atoms with E-state index in [9.17, 15) is 4.79 Å². The normalized spacial score (nSPS) is 13.3. The van der Waals surface area contributed by atoms with Crippen LogP contribution < -0.4 is 4.90 Å². The Balaban J connectivity index is 1.59. The van der Waals surface area contributed by atoms with Crippen molar-refractivity contribution in [3.63, 3.8) is 0 Å². The van der Waals surface area contributed by atoms with Crippen LogP contribution in [0.15, 0.2) is 83.8 Å². The lowest BCUT2D eigenvalue weighted by Crippen LogP contribution is -2.35. The molecule has 0 fully saturated rings. The average molecular weight is 359 g/mol. The van der Waals surface area contributed by atoms with Gasteiger partial charge in [0.1, 0.15) is 0 Å². The minimum atomic E-state index is 0.105. The zero-order valence-corrected chi connectivity index (χ0v) is 15.4. The van der Waals surface area contributed by atoms with Crippen molar-refractivity contribution in [2.45, 2.75) is 23.5 Å². The number of benzene rings is 3. The van der Waals surface area contributed by atoms with Gasteiger partial charge in [-0.1, -0.05) is 60.7 Å². The van der Waals surface area contributed by atoms with E-state index in [0.29, 0.717) is 0 Å². The molecular formula is C23H21NOS. The SMILES string of the molecule is O=C(c1ccccc1SCc1ccccc1)N1CCCc2ccccc21. The maximum Gasteiger partial charge on any atom is 0.259 e. The predicted octanol–water partition coefficient (Wildman–Crippen LogP) is 5.57. The van der Waals surface area contributed by atoms with Gasteiger partial charge >= 0.3 is 0 Å². The Labute approximate surface area is 158 Å². The van der Waals surface area contributed by atoms with Crippen molar-refractivity contribution < 1.29 is 4.79 Å². The number of carbonyl (C=O) groups excluding carboxylic acids is 1. The molecule has 0 unspecified atom stereocenters. The summed E-state index contributed by atoms with van der Waals surface area (Å²) in [5, 5.41) is 0. The second-order valence-corrected chi connectivity index (χ2v) is 7.48. The highest BCUT2D eigenvalue weighted by molar-refractivity contribution is 7.98. The molecule has 0 saturated carbocycles. The topological polar surface area (TPSA) is 20.3 Å². The molecule has 0 spiro atoms. The number of hydrogen-bond donors (Lipinski definition) is 0. The van der Waals surface area contributed by atoms with Gasteiger partial charge in [0.15, 0.2) is 0 Å². The van der Waals surface area contributed by atoms with Gasteiger partial charge in [0.25, 0.3) is 5.91 Å². The van der Waals surface area contributed by atoms with Crippen LogP contribution in [0.25, 0.3) is 0 Å². The zero-order valence-electron chi connectivity index (χ0n) is 14.6. The Bertz CT molecular complexity index is 907. The van der Waals surface area contributed by atoms with Crippen molar-refractivity contribution in [2.24, 2.45) is 0 Å². The van der Waals surface area contributed by atoms with E-state index in [2.05, 4.69) is 48.5 Å². The van der Waals surface area contributed by atoms with Gasteiger partial charge in [-0.15, -0.1) is 11.8 Å². The molecule has 1 aliphatic rings. The molecule has 0 atom stereocenters. The van der Waals surface area contributed by atoms with Crippen molar-refractivity contribution in [3.8, 4) is 0 Å². The second kappa shape index (κ2) is 7.79. The quantitative estimate of drug-likeness (QED) is 0.567. The number of fused-ring (bicyclic) bond motifs is 1. The summed E-state index contributed by atoms with van der Waals surface area (Å²) in [5.74, 6) is 0.968. The molecule has 130 valence electrons. The Morgan fingerprint density at radius 3 is 2.50 bits per heavy atom. The summed E-state index contributed by atoms with van der Waals surface area (Å²) < 4.78 is 0. The molecule has 0 N–H and O–H groups in total. The van der Waals surface area contributed by atoms with Gasteiger partial charge in [0.05, 0.1) is 5.56 Å². The van der Waals surface area contributed by atoms with E-state index in [1.807, 2.05) is 35.2 Å². The van der Waals surface area contributed by atoms with Crippen molar-refractivity contribution in [2.75, 3.05) is 11.4 Å². The van der Waals surface area contributed by atoms with E-state index in [1.54, 1.807) is 11.8 Å². The van der Waals surface area contributed by atoms with Crippen molar-refractivity contribution in [3.05, 3.63) is 95.6 Å². The number of nitrogens with zero attached hydrogens (tertiary/aromatic N) is 1. The monoisotopic (exact) mass is 359 g/mol. The minimum absolute atomic E-state index is 0.105. The molecule has 1 heterocycles. The highest BCUT2D eigenvalue weighted by Gasteiger charge is 2.24. The zero-order chi connectivity index (χ0) is 17.8. The molecule has 4 rings (SSSR count). The molecule has 1 amide bonds. The number of amides is 1. The van der Waals surface area contributed by atoms with Gasteiger partial charge in [0, 0.05) is 22.9 Å². The van der Waals surface area contributed by atoms with Crippen molar-refractivity contribution in [1.82, 2.24) is 0 Å². The van der Waals surface area contributed by atoms with E-state index in [0.717, 1.165) is 41.3 Å². The van der Waals surface area contributed by atoms with E-state index in [1.165, 1.54) is 11.1 Å². The standard InChI is InChI=1S/C23H21NOS/c25-23(24-16-8-12-19-11-4-6-14-21(19)24)20-13-5-7-15-22(20)26-17-18-9-2-1-3-10-18/h1-7,9-11,13-15H,8,12,16-17H2. The predicted molar refractivity (Wildman–Crippen MR) is 109 cm³/mol. The van der Waals surface area contributed by atoms with Gasteiger partial charge in [-0.3, -0.25) is 4.79 Å². The third-order valence-corrected chi connectivity index (χ3v) is 5.85. The van der Waals surface area contributed by atoms with Crippen LogP contribution in [0.4, 0.5) is 5.69 Å². The maximum atomic E-state index is 13.3. The first-order valence-corrected chi connectivity index (χ1v) is 9.97. The molecule has 0 radical (unpaired) electrons. The van der Waals surface area contributed by atoms with Gasteiger partial charge in [-0.25, -0.2) is 0 Å². The fraction of sp³-hybridized carbons (Fsp3) is 0.174. The summed E-state index contributed by atoms with van der Waals surface area (Å²) in [6.45, 7) is 0.785. The Morgan fingerprint density at radius 2 is 1.62 bits per heavy atom. The smallest absolute Gasteiger partial charge is 0.259 e. The minimum Gasteiger partial charge on any atom is -0.308 e. The molecule has 0 saturated heterocycles. The summed E-state index contributed by atoms with van der Waals surface area (Å²) in [6, 6.07) is 26.6. The first-order valence-electron chi connectivity index (χ1n) is 8.98. The number of aryl methyl sites for hydroxylation is 1. The van der Waals surface area contributed by atoms with Crippen LogP contribution in [-0.2, 0) is 12.2 Å². The lowest BCUT2D eigenvalue weighted by molar-refractivity contribution is 0.0982. The average Bonchev–Trinajstić information content (AvgIpc) is 2.72. The van der Waals surface area contributed by atoms with E-state index in [4.69, 9.17) is 0 Å². The highest BCUT2D eigenvalue weighted by Crippen LogP contribution is 2.31. The van der Waals surface area contributed by atoms with Crippen molar-refractivity contribution >= 4 is 23.4 Å². The molecular weight excluding hydrogens is 338 g/mol. The number of carbonyl (C=O) groups is 1. The number of hydrogen-bond acceptors (Lipinski definition) is 2. The third kappa shape index (κ3) is 3.54. The van der Waals surface area contributed by atoms with Gasteiger partial charge in [-0.05, 0) is 42.2 Å². The molecule has 3 aromatic rings. The molecule has 0 aromatic heterocycles. The van der Waals surface area contributed by atoms with Crippen LogP contribution in [0.1, 0.15) is 27.9 Å². The third-order valence-electron chi connectivity index (χ3n) is 4.71. The second-order valence-electron chi connectivity index (χ2n) is 6.46. The molecule has 3 aromatic carbocycles. The summed E-state index contributed by atoms with van der Waals surface area (Å²) in [6.07, 6.45) is 2.06. The Hall–Kier alpha value is -2.52. The first kappa shape index (κ1) is 16.9. The fourth-order valence-corrected chi connectivity index (χ4v) is 4.39. The molecule has 3 heteroatoms. The fourth-order valence-electron chi connectivity index (χ4n) is 3.39. The van der Waals surface area contributed by atoms with Crippen LogP contribution in [0.3, 0.4) is 0 Å². The number of anilines is 1. The lowest BCUT2D eigenvalue weighted by Gasteiger charge is -2.30. The maximum absolute atomic E-state index is 13.3. The molecule has 0 bridgehead atoms. The molecule has 2 nitrogen and oxygen atoms in total. The van der Waals surface area contributed by atoms with Crippen LogP contribution in [0.5, 0.6) is 0 Å². The number of thioether (sulfide) groups is 1. The highest BCUT2D eigenvalue weighted by atomic mass is 32.2. The molecule has 1 aliphatic heterocycles. The molecule has 26 heavy (non-hydrogen) atoms. The van der Waals surface area contributed by atoms with Gasteiger partial charge in [0.2, 0.25) is 0 Å².